The summed E-state index contributed by atoms with van der Waals surface area (Å²) in [5.41, 5.74) is 0.465. The Morgan fingerprint density at radius 3 is 2.17 bits per heavy atom. The highest BCUT2D eigenvalue weighted by molar-refractivity contribution is 7.90. The van der Waals surface area contributed by atoms with E-state index < -0.39 is 31.9 Å². The fourth-order valence-corrected chi connectivity index (χ4v) is 3.99. The van der Waals surface area contributed by atoms with Crippen LogP contribution in [0.3, 0.4) is 0 Å². The zero-order chi connectivity index (χ0) is 17.7. The summed E-state index contributed by atoms with van der Waals surface area (Å²) in [5.74, 6) is -1.41. The van der Waals surface area contributed by atoms with Gasteiger partial charge < -0.3 is 5.11 Å². The molecule has 2 N–H and O–H groups in total. The minimum absolute atomic E-state index is 0.0995. The summed E-state index contributed by atoms with van der Waals surface area (Å²) in [5, 5.41) is 9.09. The van der Waals surface area contributed by atoms with Crippen LogP contribution in [0.2, 0.25) is 0 Å². The average molecular weight is 363 g/mol. The maximum absolute atomic E-state index is 12.2. The molecule has 9 heteroatoms. The van der Waals surface area contributed by atoms with Gasteiger partial charge in [-0.05, 0) is 24.1 Å². The van der Waals surface area contributed by atoms with E-state index in [-0.39, 0.29) is 17.1 Å². The number of hydrogen-bond acceptors (Lipinski definition) is 5. The molecule has 1 unspecified atom stereocenters. The Kier molecular flexibility index (Phi) is 6.72. The molecule has 0 radical (unpaired) electrons. The second-order valence-corrected chi connectivity index (χ2v) is 9.22. The van der Waals surface area contributed by atoms with Gasteiger partial charge in [-0.3, -0.25) is 4.79 Å². The second kappa shape index (κ2) is 7.89. The molecule has 1 aromatic carbocycles. The van der Waals surface area contributed by atoms with E-state index in [0.717, 1.165) is 12.7 Å². The van der Waals surface area contributed by atoms with Gasteiger partial charge in [0, 0.05) is 6.26 Å². The summed E-state index contributed by atoms with van der Waals surface area (Å²) in [6.07, 6.45) is 2.64. The molecule has 0 saturated heterocycles. The summed E-state index contributed by atoms with van der Waals surface area (Å²) in [6, 6.07) is 4.15. The molecule has 1 aromatic rings. The summed E-state index contributed by atoms with van der Waals surface area (Å²) in [7, 11) is -7.18. The molecule has 130 valence electrons. The Morgan fingerprint density at radius 1 is 1.17 bits per heavy atom. The maximum Gasteiger partial charge on any atom is 0.321 e. The van der Waals surface area contributed by atoms with Crippen LogP contribution in [-0.2, 0) is 30.4 Å². The molecule has 23 heavy (non-hydrogen) atoms. The molecule has 0 bridgehead atoms. The van der Waals surface area contributed by atoms with Crippen LogP contribution in [0.1, 0.15) is 31.7 Å². The SMILES string of the molecule is CCCCC(NS(=O)(=O)c1ccc(CS(C)(=O)=O)cc1)C(=O)O. The first-order chi connectivity index (χ1) is 10.5. The van der Waals surface area contributed by atoms with E-state index in [0.29, 0.717) is 12.0 Å². The van der Waals surface area contributed by atoms with E-state index in [9.17, 15) is 21.6 Å². The number of hydrogen-bond donors (Lipinski definition) is 2. The Balaban J connectivity index is 2.92. The first-order valence-electron chi connectivity index (χ1n) is 7.07. The molecule has 0 aliphatic rings. The van der Waals surface area contributed by atoms with Gasteiger partial charge in [-0.25, -0.2) is 16.8 Å². The topological polar surface area (TPSA) is 118 Å². The third-order valence-electron chi connectivity index (χ3n) is 3.10. The van der Waals surface area contributed by atoms with E-state index in [4.69, 9.17) is 5.11 Å². The molecule has 1 rings (SSSR count). The first-order valence-corrected chi connectivity index (χ1v) is 10.6. The predicted octanol–water partition coefficient (Wildman–Crippen LogP) is 1.15. The van der Waals surface area contributed by atoms with Crippen molar-refractivity contribution >= 4 is 25.8 Å². The lowest BCUT2D eigenvalue weighted by atomic mass is 10.1. The van der Waals surface area contributed by atoms with Crippen molar-refractivity contribution in [3.8, 4) is 0 Å². The van der Waals surface area contributed by atoms with Crippen molar-refractivity contribution in [2.45, 2.75) is 42.9 Å². The Bertz CT molecular complexity index is 738. The smallest absolute Gasteiger partial charge is 0.321 e. The highest BCUT2D eigenvalue weighted by Gasteiger charge is 2.24. The van der Waals surface area contributed by atoms with Crippen LogP contribution in [0.5, 0.6) is 0 Å². The lowest BCUT2D eigenvalue weighted by Crippen LogP contribution is -2.40. The quantitative estimate of drug-likeness (QED) is 0.679. The number of benzene rings is 1. The van der Waals surface area contributed by atoms with Gasteiger partial charge >= 0.3 is 5.97 Å². The van der Waals surface area contributed by atoms with Gasteiger partial charge in [0.15, 0.2) is 9.84 Å². The van der Waals surface area contributed by atoms with Crippen LogP contribution in [0, 0.1) is 0 Å². The van der Waals surface area contributed by atoms with E-state index >= 15 is 0 Å². The normalized spacial score (nSPS) is 13.7. The first kappa shape index (κ1) is 19.6. The van der Waals surface area contributed by atoms with Crippen molar-refractivity contribution in [2.75, 3.05) is 6.26 Å². The molecule has 0 aliphatic heterocycles. The molecule has 0 heterocycles. The number of unbranched alkanes of at least 4 members (excludes halogenated alkanes) is 1. The van der Waals surface area contributed by atoms with Crippen molar-refractivity contribution in [2.24, 2.45) is 0 Å². The molecule has 0 saturated carbocycles. The number of nitrogens with one attached hydrogen (secondary N) is 1. The minimum Gasteiger partial charge on any atom is -0.480 e. The Morgan fingerprint density at radius 2 is 1.74 bits per heavy atom. The van der Waals surface area contributed by atoms with Gasteiger partial charge in [-0.1, -0.05) is 31.9 Å². The maximum atomic E-state index is 12.2. The minimum atomic E-state index is -3.98. The predicted molar refractivity (Wildman–Crippen MR) is 86.3 cm³/mol. The molecular formula is C14H21NO6S2. The number of carboxylic acids is 1. The van der Waals surface area contributed by atoms with Gasteiger partial charge in [-0.2, -0.15) is 4.72 Å². The molecule has 0 aliphatic carbocycles. The Hall–Kier alpha value is -1.45. The highest BCUT2D eigenvalue weighted by atomic mass is 32.2. The molecule has 0 spiro atoms. The van der Waals surface area contributed by atoms with Crippen LogP contribution in [-0.4, -0.2) is 40.2 Å². The fraction of sp³-hybridized carbons (Fsp3) is 0.500. The van der Waals surface area contributed by atoms with Gasteiger partial charge in [-0.15, -0.1) is 0 Å². The summed E-state index contributed by atoms with van der Waals surface area (Å²) >= 11 is 0. The summed E-state index contributed by atoms with van der Waals surface area (Å²) in [6.45, 7) is 1.88. The van der Waals surface area contributed by atoms with Crippen molar-refractivity contribution < 1.29 is 26.7 Å². The Labute approximate surface area is 136 Å². The monoisotopic (exact) mass is 363 g/mol. The van der Waals surface area contributed by atoms with Crippen LogP contribution in [0.15, 0.2) is 29.2 Å². The molecule has 0 fully saturated rings. The van der Waals surface area contributed by atoms with Crippen LogP contribution in [0.4, 0.5) is 0 Å². The number of rotatable bonds is 9. The van der Waals surface area contributed by atoms with E-state index in [1.807, 2.05) is 6.92 Å². The third kappa shape index (κ3) is 6.67. The highest BCUT2D eigenvalue weighted by Crippen LogP contribution is 2.14. The average Bonchev–Trinajstić information content (AvgIpc) is 2.42. The zero-order valence-corrected chi connectivity index (χ0v) is 14.7. The van der Waals surface area contributed by atoms with Gasteiger partial charge in [0.2, 0.25) is 10.0 Å². The fourth-order valence-electron chi connectivity index (χ4n) is 1.96. The number of carbonyl (C=O) groups is 1. The zero-order valence-electron chi connectivity index (χ0n) is 13.0. The lowest BCUT2D eigenvalue weighted by molar-refractivity contribution is -0.139. The summed E-state index contributed by atoms with van der Waals surface area (Å²) in [4.78, 5) is 11.0. The van der Waals surface area contributed by atoms with Crippen molar-refractivity contribution in [1.29, 1.82) is 0 Å². The van der Waals surface area contributed by atoms with Gasteiger partial charge in [0.25, 0.3) is 0 Å². The van der Waals surface area contributed by atoms with Crippen molar-refractivity contribution in [3.63, 3.8) is 0 Å². The van der Waals surface area contributed by atoms with Gasteiger partial charge in [0.1, 0.15) is 6.04 Å². The van der Waals surface area contributed by atoms with Crippen molar-refractivity contribution in [3.05, 3.63) is 29.8 Å². The number of sulfonamides is 1. The number of aliphatic carboxylic acids is 1. The molecule has 0 aromatic heterocycles. The number of carboxylic acid groups (broad SMARTS) is 1. The second-order valence-electron chi connectivity index (χ2n) is 5.37. The lowest BCUT2D eigenvalue weighted by Gasteiger charge is -2.14. The van der Waals surface area contributed by atoms with Crippen LogP contribution in [0.25, 0.3) is 0 Å². The van der Waals surface area contributed by atoms with E-state index in [1.54, 1.807) is 0 Å². The third-order valence-corrected chi connectivity index (χ3v) is 5.45. The largest absolute Gasteiger partial charge is 0.480 e. The van der Waals surface area contributed by atoms with Crippen LogP contribution < -0.4 is 4.72 Å². The van der Waals surface area contributed by atoms with E-state index in [1.165, 1.54) is 24.3 Å². The molecule has 0 amide bonds. The standard InChI is InChI=1S/C14H21NO6S2/c1-3-4-5-13(14(16)17)15-23(20,21)12-8-6-11(7-9-12)10-22(2,18)19/h6-9,13,15H,3-5,10H2,1-2H3,(H,16,17). The molecular weight excluding hydrogens is 342 g/mol. The number of sulfone groups is 1. The molecule has 7 nitrogen and oxygen atoms in total. The van der Waals surface area contributed by atoms with E-state index in [2.05, 4.69) is 4.72 Å². The molecule has 1 atom stereocenters. The summed E-state index contributed by atoms with van der Waals surface area (Å²) < 4.78 is 49.0. The van der Waals surface area contributed by atoms with Crippen molar-refractivity contribution in [1.82, 2.24) is 4.72 Å². The van der Waals surface area contributed by atoms with Gasteiger partial charge in [0.05, 0.1) is 10.6 Å². The van der Waals surface area contributed by atoms with Crippen LogP contribution >= 0.6 is 0 Å².